The number of aromatic amines is 1. The zero-order valence-electron chi connectivity index (χ0n) is 9.83. The van der Waals surface area contributed by atoms with E-state index in [1.54, 1.807) is 30.7 Å². The molecule has 0 fully saturated rings. The Hall–Kier alpha value is -2.47. The molecule has 3 aromatic rings. The summed E-state index contributed by atoms with van der Waals surface area (Å²) in [6.07, 6.45) is 5.14. The molecule has 1 amide bonds. The van der Waals surface area contributed by atoms with Crippen molar-refractivity contribution in [1.29, 1.82) is 0 Å². The van der Waals surface area contributed by atoms with Crippen molar-refractivity contribution in [2.45, 2.75) is 0 Å². The number of nitrogens with zero attached hydrogens (tertiary/aromatic N) is 2. The molecule has 3 aromatic heterocycles. The van der Waals surface area contributed by atoms with Crippen molar-refractivity contribution in [1.82, 2.24) is 15.0 Å². The van der Waals surface area contributed by atoms with Crippen LogP contribution >= 0.6 is 11.3 Å². The van der Waals surface area contributed by atoms with Crippen molar-refractivity contribution in [3.8, 4) is 11.3 Å². The number of carbonyl (C=O) groups excluding carboxylic acids is 1. The van der Waals surface area contributed by atoms with Gasteiger partial charge in [0.25, 0.3) is 5.91 Å². The number of aromatic nitrogens is 3. The molecule has 0 aliphatic rings. The van der Waals surface area contributed by atoms with E-state index in [-0.39, 0.29) is 5.91 Å². The molecule has 0 atom stereocenters. The summed E-state index contributed by atoms with van der Waals surface area (Å²) in [6.45, 7) is 0. The highest BCUT2D eigenvalue weighted by atomic mass is 32.1. The third kappa shape index (κ3) is 2.53. The number of thiazole rings is 1. The van der Waals surface area contributed by atoms with Crippen LogP contribution in [0.4, 0.5) is 5.13 Å². The number of nitrogens with one attached hydrogen (secondary N) is 2. The van der Waals surface area contributed by atoms with Gasteiger partial charge in [-0.1, -0.05) is 0 Å². The lowest BCUT2D eigenvalue weighted by Crippen LogP contribution is -2.11. The highest BCUT2D eigenvalue weighted by Crippen LogP contribution is 2.24. The standard InChI is InChI=1S/C13H10N4OS/c18-12(10-2-1-5-15-10)17-13-16-11(8-19-13)9-3-6-14-7-4-9/h1-8,15H,(H,16,17,18). The largest absolute Gasteiger partial charge is 0.357 e. The smallest absolute Gasteiger partial charge is 0.273 e. The van der Waals surface area contributed by atoms with Crippen LogP contribution in [0.2, 0.25) is 0 Å². The topological polar surface area (TPSA) is 70.7 Å². The van der Waals surface area contributed by atoms with Crippen LogP contribution in [0.1, 0.15) is 10.5 Å². The second kappa shape index (κ2) is 5.03. The number of carbonyl (C=O) groups is 1. The van der Waals surface area contributed by atoms with E-state index in [0.717, 1.165) is 11.3 Å². The lowest BCUT2D eigenvalue weighted by Gasteiger charge is -1.98. The van der Waals surface area contributed by atoms with E-state index in [0.29, 0.717) is 10.8 Å². The number of H-pyrrole nitrogens is 1. The molecule has 3 rings (SSSR count). The summed E-state index contributed by atoms with van der Waals surface area (Å²) in [5.41, 5.74) is 2.32. The molecule has 19 heavy (non-hydrogen) atoms. The maximum atomic E-state index is 11.8. The third-order valence-corrected chi connectivity index (χ3v) is 3.30. The van der Waals surface area contributed by atoms with Gasteiger partial charge in [0, 0.05) is 29.5 Å². The Morgan fingerprint density at radius 1 is 1.26 bits per heavy atom. The molecule has 3 heterocycles. The number of amides is 1. The Morgan fingerprint density at radius 3 is 2.84 bits per heavy atom. The van der Waals surface area contributed by atoms with E-state index in [9.17, 15) is 4.79 Å². The van der Waals surface area contributed by atoms with Gasteiger partial charge in [-0.2, -0.15) is 0 Å². The van der Waals surface area contributed by atoms with E-state index >= 15 is 0 Å². The summed E-state index contributed by atoms with van der Waals surface area (Å²) in [4.78, 5) is 23.0. The molecule has 0 bridgehead atoms. The zero-order valence-corrected chi connectivity index (χ0v) is 10.6. The van der Waals surface area contributed by atoms with Crippen LogP contribution in [0.15, 0.2) is 48.2 Å². The van der Waals surface area contributed by atoms with Gasteiger partial charge in [0.15, 0.2) is 5.13 Å². The molecule has 0 radical (unpaired) electrons. The van der Waals surface area contributed by atoms with Crippen molar-refractivity contribution in [3.05, 3.63) is 53.9 Å². The van der Waals surface area contributed by atoms with Gasteiger partial charge in [-0.15, -0.1) is 11.3 Å². The Bertz CT molecular complexity index is 676. The van der Waals surface area contributed by atoms with Gasteiger partial charge in [0.05, 0.1) is 5.69 Å². The Kier molecular flexibility index (Phi) is 3.07. The van der Waals surface area contributed by atoms with Crippen LogP contribution in [0.25, 0.3) is 11.3 Å². The van der Waals surface area contributed by atoms with Crippen molar-refractivity contribution >= 4 is 22.4 Å². The Morgan fingerprint density at radius 2 is 2.11 bits per heavy atom. The predicted molar refractivity (Wildman–Crippen MR) is 74.1 cm³/mol. The number of hydrogen-bond acceptors (Lipinski definition) is 4. The van der Waals surface area contributed by atoms with Gasteiger partial charge in [-0.25, -0.2) is 4.98 Å². The third-order valence-electron chi connectivity index (χ3n) is 2.54. The lowest BCUT2D eigenvalue weighted by molar-refractivity contribution is 0.102. The summed E-state index contributed by atoms with van der Waals surface area (Å²) in [6, 6.07) is 7.25. The fraction of sp³-hybridized carbons (Fsp3) is 0. The number of hydrogen-bond donors (Lipinski definition) is 2. The molecule has 0 aromatic carbocycles. The first-order valence-corrected chi connectivity index (χ1v) is 6.51. The Labute approximate surface area is 113 Å². The average Bonchev–Trinajstić information content (AvgIpc) is 3.11. The number of pyridine rings is 1. The van der Waals surface area contributed by atoms with Gasteiger partial charge in [-0.3, -0.25) is 15.1 Å². The maximum absolute atomic E-state index is 11.8. The Balaban J connectivity index is 1.77. The van der Waals surface area contributed by atoms with Crippen LogP contribution in [-0.4, -0.2) is 20.9 Å². The zero-order chi connectivity index (χ0) is 13.1. The fourth-order valence-corrected chi connectivity index (χ4v) is 2.34. The van der Waals surface area contributed by atoms with Gasteiger partial charge in [0.1, 0.15) is 5.69 Å². The minimum atomic E-state index is -0.194. The minimum absolute atomic E-state index is 0.194. The van der Waals surface area contributed by atoms with E-state index in [2.05, 4.69) is 20.3 Å². The fourth-order valence-electron chi connectivity index (χ4n) is 1.62. The molecule has 0 spiro atoms. The molecule has 0 aliphatic carbocycles. The SMILES string of the molecule is O=C(Nc1nc(-c2ccncc2)cs1)c1ccc[nH]1. The highest BCUT2D eigenvalue weighted by Gasteiger charge is 2.10. The average molecular weight is 270 g/mol. The van der Waals surface area contributed by atoms with E-state index < -0.39 is 0 Å². The van der Waals surface area contributed by atoms with Crippen molar-refractivity contribution < 1.29 is 4.79 Å². The van der Waals surface area contributed by atoms with Crippen LogP contribution in [0.5, 0.6) is 0 Å². The highest BCUT2D eigenvalue weighted by molar-refractivity contribution is 7.14. The first kappa shape index (κ1) is 11.6. The summed E-state index contributed by atoms with van der Waals surface area (Å²) in [7, 11) is 0. The quantitative estimate of drug-likeness (QED) is 0.768. The molecule has 2 N–H and O–H groups in total. The lowest BCUT2D eigenvalue weighted by atomic mass is 10.2. The van der Waals surface area contributed by atoms with Crippen molar-refractivity contribution in [3.63, 3.8) is 0 Å². The van der Waals surface area contributed by atoms with E-state index in [1.165, 1.54) is 11.3 Å². The van der Waals surface area contributed by atoms with Gasteiger partial charge >= 0.3 is 0 Å². The minimum Gasteiger partial charge on any atom is -0.357 e. The summed E-state index contributed by atoms with van der Waals surface area (Å²) in [5.74, 6) is -0.194. The predicted octanol–water partition coefficient (Wildman–Crippen LogP) is 2.79. The van der Waals surface area contributed by atoms with E-state index in [4.69, 9.17) is 0 Å². The van der Waals surface area contributed by atoms with Gasteiger partial charge in [0.2, 0.25) is 0 Å². The molecule has 0 unspecified atom stereocenters. The van der Waals surface area contributed by atoms with Crippen molar-refractivity contribution in [2.24, 2.45) is 0 Å². The van der Waals surface area contributed by atoms with Crippen LogP contribution in [0.3, 0.4) is 0 Å². The van der Waals surface area contributed by atoms with E-state index in [1.807, 2.05) is 17.5 Å². The molecule has 5 nitrogen and oxygen atoms in total. The second-order valence-corrected chi connectivity index (χ2v) is 4.67. The molecular formula is C13H10N4OS. The summed E-state index contributed by atoms with van der Waals surface area (Å²) < 4.78 is 0. The van der Waals surface area contributed by atoms with Gasteiger partial charge in [-0.05, 0) is 24.3 Å². The van der Waals surface area contributed by atoms with Crippen LogP contribution in [0, 0.1) is 0 Å². The molecule has 6 heteroatoms. The summed E-state index contributed by atoms with van der Waals surface area (Å²) in [5, 5.41) is 5.23. The summed E-state index contributed by atoms with van der Waals surface area (Å²) >= 11 is 1.39. The molecule has 0 aliphatic heterocycles. The molecule has 0 saturated carbocycles. The first-order valence-electron chi connectivity index (χ1n) is 5.63. The van der Waals surface area contributed by atoms with Crippen LogP contribution in [-0.2, 0) is 0 Å². The van der Waals surface area contributed by atoms with Crippen molar-refractivity contribution in [2.75, 3.05) is 5.32 Å². The molecule has 0 saturated heterocycles. The van der Waals surface area contributed by atoms with Crippen LogP contribution < -0.4 is 5.32 Å². The van der Waals surface area contributed by atoms with Gasteiger partial charge < -0.3 is 4.98 Å². The number of rotatable bonds is 3. The normalized spacial score (nSPS) is 10.3. The first-order chi connectivity index (χ1) is 9.33. The number of anilines is 1. The maximum Gasteiger partial charge on any atom is 0.273 e. The molecule has 94 valence electrons. The second-order valence-electron chi connectivity index (χ2n) is 3.81. The monoisotopic (exact) mass is 270 g/mol. The molecular weight excluding hydrogens is 260 g/mol.